The SMILES string of the molecule is COc1cccc(N2C[C@@H](C(=O)Nc3nnc(-c4cc(C)oc4C)o3)CC2=O)c1. The van der Waals surface area contributed by atoms with Crippen LogP contribution in [-0.2, 0) is 9.59 Å². The molecule has 3 heterocycles. The Balaban J connectivity index is 1.44. The largest absolute Gasteiger partial charge is 0.497 e. The number of methoxy groups -OCH3 is 1. The van der Waals surface area contributed by atoms with Crippen molar-refractivity contribution in [2.75, 3.05) is 23.9 Å². The van der Waals surface area contributed by atoms with Crippen molar-refractivity contribution in [2.24, 2.45) is 5.92 Å². The van der Waals surface area contributed by atoms with Gasteiger partial charge in [0.25, 0.3) is 5.89 Å². The molecule has 1 atom stereocenters. The summed E-state index contributed by atoms with van der Waals surface area (Å²) in [6.07, 6.45) is 0.101. The van der Waals surface area contributed by atoms with Crippen LogP contribution in [-0.4, -0.2) is 35.7 Å². The van der Waals surface area contributed by atoms with E-state index in [2.05, 4.69) is 15.5 Å². The molecule has 1 fully saturated rings. The molecule has 0 radical (unpaired) electrons. The van der Waals surface area contributed by atoms with Crippen LogP contribution in [0.15, 0.2) is 39.2 Å². The molecule has 29 heavy (non-hydrogen) atoms. The first-order chi connectivity index (χ1) is 13.9. The van der Waals surface area contributed by atoms with E-state index in [9.17, 15) is 9.59 Å². The molecule has 1 aliphatic rings. The van der Waals surface area contributed by atoms with Crippen LogP contribution in [0.1, 0.15) is 17.9 Å². The van der Waals surface area contributed by atoms with Crippen molar-refractivity contribution in [1.29, 1.82) is 0 Å². The number of rotatable bonds is 5. The van der Waals surface area contributed by atoms with E-state index < -0.39 is 5.92 Å². The maximum absolute atomic E-state index is 12.6. The van der Waals surface area contributed by atoms with Crippen molar-refractivity contribution in [1.82, 2.24) is 10.2 Å². The van der Waals surface area contributed by atoms with E-state index in [0.717, 1.165) is 5.76 Å². The third-order valence-electron chi connectivity index (χ3n) is 4.79. The first-order valence-corrected chi connectivity index (χ1v) is 9.11. The van der Waals surface area contributed by atoms with Gasteiger partial charge >= 0.3 is 6.01 Å². The highest BCUT2D eigenvalue weighted by atomic mass is 16.5. The van der Waals surface area contributed by atoms with E-state index >= 15 is 0 Å². The first-order valence-electron chi connectivity index (χ1n) is 9.11. The molecule has 0 spiro atoms. The van der Waals surface area contributed by atoms with Gasteiger partial charge in [0.2, 0.25) is 11.8 Å². The summed E-state index contributed by atoms with van der Waals surface area (Å²) in [4.78, 5) is 26.6. The van der Waals surface area contributed by atoms with Crippen molar-refractivity contribution in [3.05, 3.63) is 41.9 Å². The second-order valence-electron chi connectivity index (χ2n) is 6.84. The van der Waals surface area contributed by atoms with E-state index in [-0.39, 0.29) is 36.7 Å². The maximum atomic E-state index is 12.6. The Hall–Kier alpha value is -3.62. The Kier molecular flexibility index (Phi) is 4.79. The number of hydrogen-bond acceptors (Lipinski definition) is 7. The summed E-state index contributed by atoms with van der Waals surface area (Å²) in [5, 5.41) is 10.4. The molecule has 0 saturated carbocycles. The lowest BCUT2D eigenvalue weighted by Gasteiger charge is -2.17. The highest BCUT2D eigenvalue weighted by molar-refractivity contribution is 6.03. The average molecular weight is 396 g/mol. The van der Waals surface area contributed by atoms with Gasteiger partial charge in [-0.25, -0.2) is 0 Å². The highest BCUT2D eigenvalue weighted by Crippen LogP contribution is 2.29. The van der Waals surface area contributed by atoms with Gasteiger partial charge in [0.05, 0.1) is 18.6 Å². The molecule has 3 aromatic rings. The minimum absolute atomic E-state index is 0.0180. The molecule has 0 bridgehead atoms. The number of furan rings is 1. The number of benzene rings is 1. The first kappa shape index (κ1) is 18.7. The molecular formula is C20H20N4O5. The maximum Gasteiger partial charge on any atom is 0.322 e. The standard InChI is InChI=1S/C20H20N4O5/c1-11-7-16(12(2)28-11)19-22-23-20(29-19)21-18(26)13-8-17(25)24(10-13)14-5-4-6-15(9-14)27-3/h4-7,9,13H,8,10H2,1-3H3,(H,21,23,26)/t13-/m0/s1. The molecule has 4 rings (SSSR count). The number of nitrogens with zero attached hydrogens (tertiary/aromatic N) is 3. The van der Waals surface area contributed by atoms with Crippen molar-refractivity contribution >= 4 is 23.5 Å². The number of aryl methyl sites for hydroxylation is 2. The quantitative estimate of drug-likeness (QED) is 0.706. The third kappa shape index (κ3) is 3.71. The summed E-state index contributed by atoms with van der Waals surface area (Å²) >= 11 is 0. The Bertz CT molecular complexity index is 1070. The number of carbonyl (C=O) groups excluding carboxylic acids is 2. The van der Waals surface area contributed by atoms with E-state index in [0.29, 0.717) is 22.8 Å². The van der Waals surface area contributed by atoms with Gasteiger partial charge in [0.15, 0.2) is 0 Å². The van der Waals surface area contributed by atoms with Crippen molar-refractivity contribution in [2.45, 2.75) is 20.3 Å². The van der Waals surface area contributed by atoms with Gasteiger partial charge in [-0.05, 0) is 32.0 Å². The fraction of sp³-hybridized carbons (Fsp3) is 0.300. The van der Waals surface area contributed by atoms with Gasteiger partial charge in [0, 0.05) is 24.7 Å². The van der Waals surface area contributed by atoms with Gasteiger partial charge in [0.1, 0.15) is 17.3 Å². The number of amides is 2. The number of carbonyl (C=O) groups is 2. The Morgan fingerprint density at radius 2 is 2.07 bits per heavy atom. The van der Waals surface area contributed by atoms with E-state index in [1.165, 1.54) is 0 Å². The number of aromatic nitrogens is 2. The molecule has 150 valence electrons. The fourth-order valence-corrected chi connectivity index (χ4v) is 3.34. The summed E-state index contributed by atoms with van der Waals surface area (Å²) in [6, 6.07) is 8.93. The third-order valence-corrected chi connectivity index (χ3v) is 4.79. The van der Waals surface area contributed by atoms with Crippen LogP contribution in [0.3, 0.4) is 0 Å². The zero-order valence-electron chi connectivity index (χ0n) is 16.3. The number of hydrogen-bond donors (Lipinski definition) is 1. The van der Waals surface area contributed by atoms with Gasteiger partial charge < -0.3 is 18.5 Å². The molecule has 1 N–H and O–H groups in total. The zero-order chi connectivity index (χ0) is 20.5. The molecule has 2 aromatic heterocycles. The fourth-order valence-electron chi connectivity index (χ4n) is 3.34. The summed E-state index contributed by atoms with van der Waals surface area (Å²) < 4.78 is 16.2. The average Bonchev–Trinajstić information content (AvgIpc) is 3.40. The van der Waals surface area contributed by atoms with Crippen molar-refractivity contribution < 1.29 is 23.2 Å². The van der Waals surface area contributed by atoms with Gasteiger partial charge in [-0.2, -0.15) is 0 Å². The second kappa shape index (κ2) is 7.42. The molecule has 1 saturated heterocycles. The molecule has 9 nitrogen and oxygen atoms in total. The van der Waals surface area contributed by atoms with Crippen LogP contribution in [0, 0.1) is 19.8 Å². The molecule has 1 aliphatic heterocycles. The summed E-state index contributed by atoms with van der Waals surface area (Å²) in [5.74, 6) is 1.28. The minimum Gasteiger partial charge on any atom is -0.497 e. The van der Waals surface area contributed by atoms with Gasteiger partial charge in [-0.15, -0.1) is 5.10 Å². The van der Waals surface area contributed by atoms with Crippen LogP contribution in [0.5, 0.6) is 5.75 Å². The highest BCUT2D eigenvalue weighted by Gasteiger charge is 2.36. The minimum atomic E-state index is -0.526. The van der Waals surface area contributed by atoms with E-state index in [4.69, 9.17) is 13.6 Å². The molecule has 9 heteroatoms. The molecule has 0 unspecified atom stereocenters. The normalized spacial score (nSPS) is 16.3. The lowest BCUT2D eigenvalue weighted by atomic mass is 10.1. The van der Waals surface area contributed by atoms with Crippen LogP contribution in [0.4, 0.5) is 11.7 Å². The molecule has 0 aliphatic carbocycles. The zero-order valence-corrected chi connectivity index (χ0v) is 16.3. The predicted octanol–water partition coefficient (Wildman–Crippen LogP) is 2.95. The van der Waals surface area contributed by atoms with Crippen molar-refractivity contribution in [3.8, 4) is 17.2 Å². The Morgan fingerprint density at radius 3 is 2.79 bits per heavy atom. The lowest BCUT2D eigenvalue weighted by molar-refractivity contribution is -0.122. The van der Waals surface area contributed by atoms with E-state index in [1.807, 2.05) is 6.92 Å². The lowest BCUT2D eigenvalue weighted by Crippen LogP contribution is -2.28. The van der Waals surface area contributed by atoms with E-state index in [1.54, 1.807) is 49.3 Å². The van der Waals surface area contributed by atoms with Crippen molar-refractivity contribution in [3.63, 3.8) is 0 Å². The van der Waals surface area contributed by atoms with Gasteiger partial charge in [-0.3, -0.25) is 14.9 Å². The Morgan fingerprint density at radius 1 is 1.24 bits per heavy atom. The van der Waals surface area contributed by atoms with Gasteiger partial charge in [-0.1, -0.05) is 11.2 Å². The van der Waals surface area contributed by atoms with Crippen LogP contribution >= 0.6 is 0 Å². The number of ether oxygens (including phenoxy) is 1. The van der Waals surface area contributed by atoms with Crippen LogP contribution < -0.4 is 15.0 Å². The predicted molar refractivity (Wildman–Crippen MR) is 104 cm³/mol. The topological polar surface area (TPSA) is 111 Å². The van der Waals surface area contributed by atoms with Crippen LogP contribution in [0.2, 0.25) is 0 Å². The smallest absolute Gasteiger partial charge is 0.322 e. The molecule has 2 amide bonds. The second-order valence-corrected chi connectivity index (χ2v) is 6.84. The summed E-state index contributed by atoms with van der Waals surface area (Å²) in [6.45, 7) is 3.88. The Labute approximate surface area is 166 Å². The number of anilines is 2. The molecular weight excluding hydrogens is 376 g/mol. The summed E-state index contributed by atoms with van der Waals surface area (Å²) in [7, 11) is 1.56. The number of nitrogens with one attached hydrogen (secondary N) is 1. The molecule has 1 aromatic carbocycles. The van der Waals surface area contributed by atoms with Crippen LogP contribution in [0.25, 0.3) is 11.5 Å². The monoisotopic (exact) mass is 396 g/mol. The summed E-state index contributed by atoms with van der Waals surface area (Å²) in [5.41, 5.74) is 1.37.